The quantitative estimate of drug-likeness (QED) is 0.793. The third-order valence-electron chi connectivity index (χ3n) is 2.75. The minimum Gasteiger partial charge on any atom is -0.483 e. The molecule has 3 nitrogen and oxygen atoms in total. The summed E-state index contributed by atoms with van der Waals surface area (Å²) >= 11 is 7.00. The molecule has 0 saturated heterocycles. The van der Waals surface area contributed by atoms with Gasteiger partial charge in [0.1, 0.15) is 5.75 Å². The Morgan fingerprint density at radius 1 is 1.19 bits per heavy atom. The van der Waals surface area contributed by atoms with E-state index < -0.39 is 0 Å². The van der Waals surface area contributed by atoms with E-state index in [0.717, 1.165) is 19.7 Å². The van der Waals surface area contributed by atoms with Crippen molar-refractivity contribution in [1.82, 2.24) is 5.32 Å². The zero-order valence-electron chi connectivity index (χ0n) is 12.2. The Hall–Kier alpha value is -1.07. The number of halogens is 2. The van der Waals surface area contributed by atoms with Crippen LogP contribution in [0.25, 0.3) is 10.8 Å². The van der Waals surface area contributed by atoms with Crippen molar-refractivity contribution < 1.29 is 9.53 Å². The summed E-state index contributed by atoms with van der Waals surface area (Å²) < 4.78 is 7.50. The molecule has 0 aliphatic rings. The highest BCUT2D eigenvalue weighted by atomic mass is 79.9. The summed E-state index contributed by atoms with van der Waals surface area (Å²) in [5, 5.41) is 5.02. The van der Waals surface area contributed by atoms with E-state index in [1.807, 2.05) is 51.1 Å². The van der Waals surface area contributed by atoms with Crippen LogP contribution in [0.3, 0.4) is 0 Å². The Balaban J connectivity index is 2.14. The average Bonchev–Trinajstić information content (AvgIpc) is 2.35. The molecule has 0 aromatic heterocycles. The zero-order valence-corrected chi connectivity index (χ0v) is 15.3. The van der Waals surface area contributed by atoms with Crippen molar-refractivity contribution in [3.63, 3.8) is 0 Å². The fraction of sp³-hybridized carbons (Fsp3) is 0.312. The lowest BCUT2D eigenvalue weighted by Crippen LogP contribution is -2.43. The number of hydrogen-bond donors (Lipinski definition) is 1. The molecule has 2 aromatic carbocycles. The van der Waals surface area contributed by atoms with E-state index in [1.165, 1.54) is 0 Å². The number of benzene rings is 2. The molecule has 0 fully saturated rings. The van der Waals surface area contributed by atoms with Gasteiger partial charge in [0.05, 0.1) is 4.47 Å². The van der Waals surface area contributed by atoms with E-state index in [1.54, 1.807) is 0 Å². The summed E-state index contributed by atoms with van der Waals surface area (Å²) in [6.45, 7) is 5.82. The molecule has 0 spiro atoms. The van der Waals surface area contributed by atoms with Crippen molar-refractivity contribution in [2.75, 3.05) is 6.61 Å². The number of carbonyl (C=O) groups excluding carboxylic acids is 1. The number of amides is 1. The number of ether oxygens (including phenoxy) is 1. The van der Waals surface area contributed by atoms with E-state index in [9.17, 15) is 4.79 Å². The van der Waals surface area contributed by atoms with Gasteiger partial charge in [-0.05, 0) is 65.7 Å². The van der Waals surface area contributed by atoms with Gasteiger partial charge in [-0.15, -0.1) is 0 Å². The molecule has 1 amide bonds. The van der Waals surface area contributed by atoms with E-state index in [-0.39, 0.29) is 18.1 Å². The number of rotatable bonds is 3. The summed E-state index contributed by atoms with van der Waals surface area (Å²) in [6, 6.07) is 9.86. The highest BCUT2D eigenvalue weighted by Crippen LogP contribution is 2.34. The number of nitrogens with one attached hydrogen (secondary N) is 1. The normalized spacial score (nSPS) is 11.5. The van der Waals surface area contributed by atoms with Crippen molar-refractivity contribution in [1.29, 1.82) is 0 Å². The predicted octanol–water partition coefficient (Wildman–Crippen LogP) is 4.66. The summed E-state index contributed by atoms with van der Waals surface area (Å²) in [5.41, 5.74) is -0.257. The largest absolute Gasteiger partial charge is 0.483 e. The molecule has 112 valence electrons. The van der Waals surface area contributed by atoms with E-state index in [0.29, 0.717) is 5.75 Å². The zero-order chi connectivity index (χ0) is 15.6. The fourth-order valence-corrected chi connectivity index (χ4v) is 2.94. The van der Waals surface area contributed by atoms with Crippen LogP contribution in [0.4, 0.5) is 0 Å². The summed E-state index contributed by atoms with van der Waals surface area (Å²) in [5.74, 6) is 0.527. The second kappa shape index (κ2) is 6.36. The maximum absolute atomic E-state index is 11.8. The van der Waals surface area contributed by atoms with Crippen LogP contribution in [0, 0.1) is 0 Å². The van der Waals surface area contributed by atoms with Gasteiger partial charge in [-0.2, -0.15) is 0 Å². The van der Waals surface area contributed by atoms with Gasteiger partial charge in [-0.3, -0.25) is 4.79 Å². The van der Waals surface area contributed by atoms with Crippen molar-refractivity contribution in [2.24, 2.45) is 0 Å². The van der Waals surface area contributed by atoms with Crippen LogP contribution in [0.15, 0.2) is 39.3 Å². The van der Waals surface area contributed by atoms with Crippen molar-refractivity contribution in [3.05, 3.63) is 39.3 Å². The molecule has 0 aliphatic heterocycles. The maximum atomic E-state index is 11.8. The molecular weight excluding hydrogens is 398 g/mol. The van der Waals surface area contributed by atoms with Gasteiger partial charge in [0.25, 0.3) is 5.91 Å². The SMILES string of the molecule is CC(C)(C)NC(=O)COc1ccc2cc(Br)ccc2c1Br. The Morgan fingerprint density at radius 3 is 2.57 bits per heavy atom. The lowest BCUT2D eigenvalue weighted by molar-refractivity contribution is -0.124. The standard InChI is InChI=1S/C16H17Br2NO2/c1-16(2,3)19-14(20)9-21-13-7-4-10-8-11(17)5-6-12(10)15(13)18/h4-8H,9H2,1-3H3,(H,19,20). The second-order valence-electron chi connectivity index (χ2n) is 5.83. The van der Waals surface area contributed by atoms with Crippen LogP contribution >= 0.6 is 31.9 Å². The molecule has 21 heavy (non-hydrogen) atoms. The highest BCUT2D eigenvalue weighted by molar-refractivity contribution is 9.11. The Labute approximate surface area is 141 Å². The minimum atomic E-state index is -0.257. The van der Waals surface area contributed by atoms with Gasteiger partial charge in [0.15, 0.2) is 6.61 Å². The molecule has 1 N–H and O–H groups in total. The van der Waals surface area contributed by atoms with Gasteiger partial charge in [-0.25, -0.2) is 0 Å². The van der Waals surface area contributed by atoms with Crippen LogP contribution in [-0.4, -0.2) is 18.1 Å². The van der Waals surface area contributed by atoms with Crippen LogP contribution in [0.2, 0.25) is 0 Å². The van der Waals surface area contributed by atoms with Crippen LogP contribution in [0.1, 0.15) is 20.8 Å². The van der Waals surface area contributed by atoms with Gasteiger partial charge in [-0.1, -0.05) is 28.1 Å². The van der Waals surface area contributed by atoms with Gasteiger partial charge < -0.3 is 10.1 Å². The van der Waals surface area contributed by atoms with E-state index in [2.05, 4.69) is 37.2 Å². The van der Waals surface area contributed by atoms with Crippen LogP contribution in [0.5, 0.6) is 5.75 Å². The molecule has 0 saturated carbocycles. The fourth-order valence-electron chi connectivity index (χ4n) is 1.95. The molecule has 0 aliphatic carbocycles. The third kappa shape index (κ3) is 4.45. The van der Waals surface area contributed by atoms with Crippen LogP contribution < -0.4 is 10.1 Å². The maximum Gasteiger partial charge on any atom is 0.258 e. The second-order valence-corrected chi connectivity index (χ2v) is 7.54. The first-order chi connectivity index (χ1) is 9.76. The first-order valence-corrected chi connectivity index (χ1v) is 8.16. The van der Waals surface area contributed by atoms with Gasteiger partial charge in [0, 0.05) is 10.0 Å². The Kier molecular flexibility index (Phi) is 4.94. The topological polar surface area (TPSA) is 38.3 Å². The van der Waals surface area contributed by atoms with Gasteiger partial charge >= 0.3 is 0 Å². The monoisotopic (exact) mass is 413 g/mol. The molecule has 0 atom stereocenters. The third-order valence-corrected chi connectivity index (χ3v) is 4.07. The first kappa shape index (κ1) is 16.3. The van der Waals surface area contributed by atoms with Crippen LogP contribution in [-0.2, 0) is 4.79 Å². The molecule has 0 unspecified atom stereocenters. The van der Waals surface area contributed by atoms with Crippen molar-refractivity contribution >= 4 is 48.5 Å². The molecule has 0 heterocycles. The average molecular weight is 415 g/mol. The summed E-state index contributed by atoms with van der Waals surface area (Å²) in [4.78, 5) is 11.8. The lowest BCUT2D eigenvalue weighted by atomic mass is 10.1. The smallest absolute Gasteiger partial charge is 0.258 e. The Morgan fingerprint density at radius 2 is 1.90 bits per heavy atom. The summed E-state index contributed by atoms with van der Waals surface area (Å²) in [6.07, 6.45) is 0. The number of hydrogen-bond acceptors (Lipinski definition) is 2. The highest BCUT2D eigenvalue weighted by Gasteiger charge is 2.15. The lowest BCUT2D eigenvalue weighted by Gasteiger charge is -2.20. The van der Waals surface area contributed by atoms with Crippen molar-refractivity contribution in [3.8, 4) is 5.75 Å². The molecule has 5 heteroatoms. The molecule has 0 radical (unpaired) electrons. The summed E-state index contributed by atoms with van der Waals surface area (Å²) in [7, 11) is 0. The van der Waals surface area contributed by atoms with Gasteiger partial charge in [0.2, 0.25) is 0 Å². The van der Waals surface area contributed by atoms with Crippen molar-refractivity contribution in [2.45, 2.75) is 26.3 Å². The number of carbonyl (C=O) groups is 1. The molecular formula is C16H17Br2NO2. The van der Waals surface area contributed by atoms with E-state index >= 15 is 0 Å². The molecule has 2 aromatic rings. The number of fused-ring (bicyclic) bond motifs is 1. The van der Waals surface area contributed by atoms with E-state index in [4.69, 9.17) is 4.74 Å². The first-order valence-electron chi connectivity index (χ1n) is 6.58. The molecule has 2 rings (SSSR count). The Bertz CT molecular complexity index is 678. The molecule has 0 bridgehead atoms. The predicted molar refractivity (Wildman–Crippen MR) is 92.7 cm³/mol. The minimum absolute atomic E-state index is 0.00208.